The molecule has 156 valence electrons. The average Bonchev–Trinajstić information content (AvgIpc) is 2.72. The van der Waals surface area contributed by atoms with E-state index in [4.69, 9.17) is 0 Å². The van der Waals surface area contributed by atoms with Gasteiger partial charge in [0.2, 0.25) is 5.78 Å². The number of fused-ring (bicyclic) bond motifs is 2. The van der Waals surface area contributed by atoms with Crippen molar-refractivity contribution in [3.8, 4) is 17.2 Å². The minimum atomic E-state index is -1.06. The molecule has 3 rings (SSSR count). The summed E-state index contributed by atoms with van der Waals surface area (Å²) in [6.45, 7) is 0. The van der Waals surface area contributed by atoms with Crippen molar-refractivity contribution in [3.05, 3.63) is 52.1 Å². The maximum absolute atomic E-state index is 12.9. The van der Waals surface area contributed by atoms with Crippen molar-refractivity contribution in [3.63, 3.8) is 0 Å². The lowest BCUT2D eigenvalue weighted by Gasteiger charge is -2.22. The minimum Gasteiger partial charge on any atom is -0.507 e. The number of carbonyl (C=O) groups is 4. The molecule has 0 saturated heterocycles. The number of hydrogen-bond donors (Lipinski definition) is 3. The van der Waals surface area contributed by atoms with Gasteiger partial charge < -0.3 is 24.8 Å². The van der Waals surface area contributed by atoms with Gasteiger partial charge >= 0.3 is 11.9 Å². The molecule has 0 heterocycles. The normalized spacial score (nSPS) is 13.3. The molecule has 0 aliphatic heterocycles. The monoisotopic (exact) mass is 414 g/mol. The third-order valence-electron chi connectivity index (χ3n) is 4.97. The van der Waals surface area contributed by atoms with E-state index in [1.54, 1.807) is 0 Å². The summed E-state index contributed by atoms with van der Waals surface area (Å²) in [6.07, 6.45) is -0.618. The van der Waals surface area contributed by atoms with Crippen LogP contribution < -0.4 is 0 Å². The Labute approximate surface area is 170 Å². The summed E-state index contributed by atoms with van der Waals surface area (Å²) >= 11 is 0. The van der Waals surface area contributed by atoms with Gasteiger partial charge in [0, 0.05) is 5.56 Å². The van der Waals surface area contributed by atoms with Crippen molar-refractivity contribution in [2.24, 2.45) is 5.92 Å². The molecule has 2 aromatic carbocycles. The van der Waals surface area contributed by atoms with E-state index in [2.05, 4.69) is 9.47 Å². The zero-order valence-corrected chi connectivity index (χ0v) is 16.1. The van der Waals surface area contributed by atoms with Gasteiger partial charge in [0.1, 0.15) is 17.2 Å². The smallest absolute Gasteiger partial charge is 0.309 e. The van der Waals surface area contributed by atoms with E-state index in [9.17, 15) is 34.5 Å². The Morgan fingerprint density at radius 1 is 0.933 bits per heavy atom. The van der Waals surface area contributed by atoms with Crippen molar-refractivity contribution >= 4 is 23.5 Å². The summed E-state index contributed by atoms with van der Waals surface area (Å²) < 4.78 is 9.23. The molecule has 1 unspecified atom stereocenters. The van der Waals surface area contributed by atoms with Crippen LogP contribution in [0.4, 0.5) is 0 Å². The third-order valence-corrected chi connectivity index (χ3v) is 4.97. The molecule has 0 fully saturated rings. The van der Waals surface area contributed by atoms with Gasteiger partial charge in [0.05, 0.1) is 43.2 Å². The van der Waals surface area contributed by atoms with Gasteiger partial charge in [-0.3, -0.25) is 19.2 Å². The zero-order chi connectivity index (χ0) is 22.2. The maximum Gasteiger partial charge on any atom is 0.309 e. The number of phenolic OH excluding ortho intramolecular Hbond substituents is 3. The van der Waals surface area contributed by atoms with Crippen LogP contribution >= 0.6 is 0 Å². The molecule has 3 N–H and O–H groups in total. The molecule has 0 radical (unpaired) electrons. The van der Waals surface area contributed by atoms with E-state index >= 15 is 0 Å². The molecule has 30 heavy (non-hydrogen) atoms. The Morgan fingerprint density at radius 2 is 1.63 bits per heavy atom. The van der Waals surface area contributed by atoms with Crippen LogP contribution in [0.25, 0.3) is 0 Å². The van der Waals surface area contributed by atoms with Crippen LogP contribution in [0.2, 0.25) is 0 Å². The van der Waals surface area contributed by atoms with E-state index in [0.29, 0.717) is 0 Å². The van der Waals surface area contributed by atoms with Crippen molar-refractivity contribution in [1.82, 2.24) is 0 Å². The van der Waals surface area contributed by atoms with Gasteiger partial charge in [0.15, 0.2) is 5.78 Å². The van der Waals surface area contributed by atoms with Crippen LogP contribution in [-0.2, 0) is 25.5 Å². The van der Waals surface area contributed by atoms with E-state index < -0.39 is 57.8 Å². The highest BCUT2D eigenvalue weighted by molar-refractivity contribution is 6.31. The number of ketones is 2. The van der Waals surface area contributed by atoms with Crippen LogP contribution in [0.5, 0.6) is 17.2 Å². The first-order valence-electron chi connectivity index (χ1n) is 8.85. The lowest BCUT2D eigenvalue weighted by atomic mass is 9.80. The lowest BCUT2D eigenvalue weighted by molar-refractivity contribution is -0.152. The van der Waals surface area contributed by atoms with Gasteiger partial charge in [-0.05, 0) is 24.1 Å². The standard InChI is InChI=1S/C21H18O9/c1-29-14(24)8-10(21(28)30-2)6-9-7-13(23)16-17(18(9)25)19(26)11-4-3-5-12(22)15(11)20(16)27/h3-5,7,10,22-23,25H,6,8H2,1-2H3. The molecule has 0 aromatic heterocycles. The summed E-state index contributed by atoms with van der Waals surface area (Å²) in [7, 11) is 2.28. The minimum absolute atomic E-state index is 0.0321. The first-order valence-corrected chi connectivity index (χ1v) is 8.85. The van der Waals surface area contributed by atoms with Crippen molar-refractivity contribution in [2.75, 3.05) is 14.2 Å². The van der Waals surface area contributed by atoms with Gasteiger partial charge in [-0.1, -0.05) is 12.1 Å². The highest BCUT2D eigenvalue weighted by atomic mass is 16.5. The van der Waals surface area contributed by atoms with Gasteiger partial charge in [-0.15, -0.1) is 0 Å². The molecule has 9 nitrogen and oxygen atoms in total. The SMILES string of the molecule is COC(=O)CC(Cc1cc(O)c2c(c1O)C(=O)c1cccc(O)c1C2=O)C(=O)OC. The topological polar surface area (TPSA) is 147 Å². The second-order valence-corrected chi connectivity index (χ2v) is 6.72. The molecular weight excluding hydrogens is 396 g/mol. The zero-order valence-electron chi connectivity index (χ0n) is 16.1. The Morgan fingerprint density at radius 3 is 2.27 bits per heavy atom. The second kappa shape index (κ2) is 7.86. The summed E-state index contributed by atoms with van der Waals surface area (Å²) in [5.74, 6) is -5.73. The number of hydrogen-bond acceptors (Lipinski definition) is 9. The summed E-state index contributed by atoms with van der Waals surface area (Å²) in [5.41, 5.74) is -1.31. The maximum atomic E-state index is 12.9. The largest absolute Gasteiger partial charge is 0.507 e. The highest BCUT2D eigenvalue weighted by Gasteiger charge is 2.38. The Balaban J connectivity index is 2.11. The number of rotatable bonds is 5. The lowest BCUT2D eigenvalue weighted by Crippen LogP contribution is -2.24. The fourth-order valence-electron chi connectivity index (χ4n) is 3.50. The molecule has 0 spiro atoms. The molecule has 0 bridgehead atoms. The van der Waals surface area contributed by atoms with Crippen LogP contribution in [0.1, 0.15) is 43.8 Å². The van der Waals surface area contributed by atoms with Crippen molar-refractivity contribution < 1.29 is 44.0 Å². The number of benzene rings is 2. The number of esters is 2. The number of ether oxygens (including phenoxy) is 2. The summed E-state index contributed by atoms with van der Waals surface area (Å²) in [4.78, 5) is 49.4. The van der Waals surface area contributed by atoms with E-state index in [1.165, 1.54) is 18.2 Å². The van der Waals surface area contributed by atoms with Gasteiger partial charge in [-0.25, -0.2) is 0 Å². The highest BCUT2D eigenvalue weighted by Crippen LogP contribution is 2.42. The first-order chi connectivity index (χ1) is 14.2. The fraction of sp³-hybridized carbons (Fsp3) is 0.238. The molecular formula is C21H18O9. The summed E-state index contributed by atoms with van der Waals surface area (Å²) in [5, 5.41) is 31.1. The molecule has 0 saturated carbocycles. The van der Waals surface area contributed by atoms with E-state index in [-0.39, 0.29) is 29.5 Å². The molecule has 0 amide bonds. The average molecular weight is 414 g/mol. The number of carbonyl (C=O) groups excluding carboxylic acids is 4. The van der Waals surface area contributed by atoms with Crippen molar-refractivity contribution in [2.45, 2.75) is 12.8 Å². The van der Waals surface area contributed by atoms with Gasteiger partial charge in [0.25, 0.3) is 0 Å². The van der Waals surface area contributed by atoms with Crippen LogP contribution in [0.15, 0.2) is 24.3 Å². The molecule has 1 aliphatic carbocycles. The number of aromatic hydroxyl groups is 3. The fourth-order valence-corrected chi connectivity index (χ4v) is 3.50. The number of methoxy groups -OCH3 is 2. The summed E-state index contributed by atoms with van der Waals surface area (Å²) in [6, 6.07) is 4.95. The molecule has 1 atom stereocenters. The Bertz CT molecular complexity index is 1080. The van der Waals surface area contributed by atoms with Crippen LogP contribution in [0, 0.1) is 5.92 Å². The Hall–Kier alpha value is -3.88. The first kappa shape index (κ1) is 20.8. The second-order valence-electron chi connectivity index (χ2n) is 6.72. The van der Waals surface area contributed by atoms with Crippen LogP contribution in [0.3, 0.4) is 0 Å². The third kappa shape index (κ3) is 3.34. The van der Waals surface area contributed by atoms with Crippen molar-refractivity contribution in [1.29, 1.82) is 0 Å². The predicted molar refractivity (Wildman–Crippen MR) is 101 cm³/mol. The number of phenols is 3. The molecule has 2 aromatic rings. The molecule has 9 heteroatoms. The quantitative estimate of drug-likeness (QED) is 0.417. The van der Waals surface area contributed by atoms with E-state index in [1.807, 2.05) is 0 Å². The predicted octanol–water partition coefficient (Wildman–Crippen LogP) is 1.47. The molecule has 1 aliphatic rings. The van der Waals surface area contributed by atoms with Crippen LogP contribution in [-0.4, -0.2) is 53.0 Å². The van der Waals surface area contributed by atoms with Gasteiger partial charge in [-0.2, -0.15) is 0 Å². The van der Waals surface area contributed by atoms with E-state index in [0.717, 1.165) is 20.3 Å². The Kier molecular flexibility index (Phi) is 5.46.